The van der Waals surface area contributed by atoms with Gasteiger partial charge in [0.05, 0.1) is 8.49 Å². The third-order valence-corrected chi connectivity index (χ3v) is 3.97. The van der Waals surface area contributed by atoms with Crippen molar-refractivity contribution in [2.45, 2.75) is 0 Å². The number of phosphoric acid groups is 1. The van der Waals surface area contributed by atoms with Gasteiger partial charge in [-0.25, -0.2) is 4.57 Å². The molecule has 0 unspecified atom stereocenters. The van der Waals surface area contributed by atoms with Crippen molar-refractivity contribution in [2.75, 3.05) is 14.2 Å². The molecule has 0 aliphatic carbocycles. The van der Waals surface area contributed by atoms with Crippen molar-refractivity contribution in [1.29, 1.82) is 0 Å². The maximum atomic E-state index is 11.6. The predicted molar refractivity (Wildman–Crippen MR) is 68.1 cm³/mol. The number of benzene rings is 1. The number of hydrogen-bond donors (Lipinski definition) is 0. The van der Waals surface area contributed by atoms with Gasteiger partial charge < -0.3 is 4.52 Å². The molecule has 0 aromatic heterocycles. The molecule has 0 bridgehead atoms. The van der Waals surface area contributed by atoms with E-state index in [1.54, 1.807) is 22.6 Å². The lowest BCUT2D eigenvalue weighted by Gasteiger charge is -2.14. The van der Waals surface area contributed by atoms with Crippen LogP contribution in [0.3, 0.4) is 0 Å². The summed E-state index contributed by atoms with van der Waals surface area (Å²) in [6, 6.07) is 3.96. The average Bonchev–Trinajstić information content (AvgIpc) is 2.28. The molecule has 0 aliphatic heterocycles. The summed E-state index contributed by atoms with van der Waals surface area (Å²) in [4.78, 5) is 10.1. The minimum Gasteiger partial charge on any atom is -0.404 e. The minimum atomic E-state index is -3.63. The minimum absolute atomic E-state index is 0.0531. The summed E-state index contributed by atoms with van der Waals surface area (Å²) in [5.74, 6) is 0.173. The highest BCUT2D eigenvalue weighted by atomic mass is 127. The van der Waals surface area contributed by atoms with E-state index in [0.29, 0.717) is 3.57 Å². The zero-order valence-electron chi connectivity index (χ0n) is 8.95. The molecule has 0 amide bonds. The summed E-state index contributed by atoms with van der Waals surface area (Å²) in [5.41, 5.74) is -0.0531. The van der Waals surface area contributed by atoms with Crippen molar-refractivity contribution in [3.05, 3.63) is 31.9 Å². The van der Waals surface area contributed by atoms with E-state index in [2.05, 4.69) is 9.05 Å². The van der Waals surface area contributed by atoms with Crippen LogP contribution in [0, 0.1) is 13.7 Å². The number of rotatable bonds is 5. The Hall–Kier alpha value is -0.700. The third kappa shape index (κ3) is 3.63. The molecule has 17 heavy (non-hydrogen) atoms. The van der Waals surface area contributed by atoms with Gasteiger partial charge in [-0.1, -0.05) is 0 Å². The highest BCUT2D eigenvalue weighted by Gasteiger charge is 2.25. The van der Waals surface area contributed by atoms with Crippen molar-refractivity contribution in [3.8, 4) is 5.75 Å². The molecular formula is C8H9INO6P. The molecule has 0 radical (unpaired) electrons. The van der Waals surface area contributed by atoms with Crippen LogP contribution in [0.1, 0.15) is 0 Å². The lowest BCUT2D eigenvalue weighted by Crippen LogP contribution is -1.98. The van der Waals surface area contributed by atoms with E-state index in [4.69, 9.17) is 4.52 Å². The average molecular weight is 373 g/mol. The van der Waals surface area contributed by atoms with Crippen molar-refractivity contribution >= 4 is 36.1 Å². The fourth-order valence-electron chi connectivity index (χ4n) is 0.971. The van der Waals surface area contributed by atoms with Crippen LogP contribution in [0.5, 0.6) is 5.75 Å². The molecule has 1 aromatic carbocycles. The maximum Gasteiger partial charge on any atom is 0.529 e. The second kappa shape index (κ2) is 5.76. The van der Waals surface area contributed by atoms with Gasteiger partial charge in [0.2, 0.25) is 0 Å². The molecule has 1 rings (SSSR count). The Morgan fingerprint density at radius 1 is 1.35 bits per heavy atom. The van der Waals surface area contributed by atoms with E-state index < -0.39 is 12.7 Å². The second-order valence-corrected chi connectivity index (χ2v) is 5.74. The van der Waals surface area contributed by atoms with E-state index in [9.17, 15) is 14.7 Å². The number of halogens is 1. The molecule has 7 nitrogen and oxygen atoms in total. The fourth-order valence-corrected chi connectivity index (χ4v) is 2.32. The zero-order valence-corrected chi connectivity index (χ0v) is 12.0. The molecule has 9 heteroatoms. The van der Waals surface area contributed by atoms with E-state index >= 15 is 0 Å². The van der Waals surface area contributed by atoms with Crippen LogP contribution in [-0.4, -0.2) is 19.1 Å². The number of nitro benzene ring substituents is 1. The first-order valence-electron chi connectivity index (χ1n) is 4.27. The van der Waals surface area contributed by atoms with Crippen LogP contribution in [0.15, 0.2) is 18.2 Å². The van der Waals surface area contributed by atoms with E-state index in [-0.39, 0.29) is 11.4 Å². The van der Waals surface area contributed by atoms with Gasteiger partial charge in [0.25, 0.3) is 5.69 Å². The first-order valence-corrected chi connectivity index (χ1v) is 6.81. The normalized spacial score (nSPS) is 11.2. The Balaban J connectivity index is 2.99. The van der Waals surface area contributed by atoms with Gasteiger partial charge in [-0.05, 0) is 28.7 Å². The standard InChI is InChI=1S/C8H9INO6P/c1-14-17(13,15-2)16-6-3-4-8(10(11)12)7(9)5-6/h3-5H,1-2H3. The van der Waals surface area contributed by atoms with Crippen LogP contribution in [-0.2, 0) is 13.6 Å². The molecule has 0 saturated carbocycles. The van der Waals surface area contributed by atoms with Crippen LogP contribution < -0.4 is 4.52 Å². The second-order valence-electron chi connectivity index (χ2n) is 2.77. The van der Waals surface area contributed by atoms with E-state index in [1.165, 1.54) is 32.4 Å². The monoisotopic (exact) mass is 373 g/mol. The SMILES string of the molecule is COP(=O)(OC)Oc1ccc([N+](=O)[O-])c(I)c1. The van der Waals surface area contributed by atoms with E-state index in [0.717, 1.165) is 0 Å². The van der Waals surface area contributed by atoms with Gasteiger partial charge >= 0.3 is 7.82 Å². The molecule has 0 saturated heterocycles. The summed E-state index contributed by atoms with van der Waals surface area (Å²) in [6.45, 7) is 0. The molecule has 1 aromatic rings. The summed E-state index contributed by atoms with van der Waals surface area (Å²) in [5, 5.41) is 10.6. The molecule has 0 N–H and O–H groups in total. The molecule has 0 atom stereocenters. The van der Waals surface area contributed by atoms with Gasteiger partial charge in [-0.3, -0.25) is 19.2 Å². The molecule has 0 spiro atoms. The quantitative estimate of drug-likeness (QED) is 0.341. The van der Waals surface area contributed by atoms with Crippen molar-refractivity contribution in [3.63, 3.8) is 0 Å². The molecule has 94 valence electrons. The van der Waals surface area contributed by atoms with Gasteiger partial charge in [-0.2, -0.15) is 0 Å². The fraction of sp³-hybridized carbons (Fsp3) is 0.250. The lowest BCUT2D eigenvalue weighted by molar-refractivity contribution is -0.385. The highest BCUT2D eigenvalue weighted by Crippen LogP contribution is 2.48. The summed E-state index contributed by atoms with van der Waals surface area (Å²) in [7, 11) is -1.27. The van der Waals surface area contributed by atoms with E-state index in [1.807, 2.05) is 0 Å². The summed E-state index contributed by atoms with van der Waals surface area (Å²) < 4.78 is 26.2. The molecule has 0 fully saturated rings. The van der Waals surface area contributed by atoms with Gasteiger partial charge in [0.1, 0.15) is 5.75 Å². The predicted octanol–water partition coefficient (Wildman–Crippen LogP) is 2.98. The lowest BCUT2D eigenvalue weighted by atomic mass is 10.3. The number of hydrogen-bond acceptors (Lipinski definition) is 6. The zero-order chi connectivity index (χ0) is 13.1. The Morgan fingerprint density at radius 2 is 1.94 bits per heavy atom. The largest absolute Gasteiger partial charge is 0.529 e. The Kier molecular flexibility index (Phi) is 4.87. The van der Waals surface area contributed by atoms with Gasteiger partial charge in [-0.15, -0.1) is 0 Å². The first kappa shape index (κ1) is 14.4. The van der Waals surface area contributed by atoms with Gasteiger partial charge in [0.15, 0.2) is 0 Å². The van der Waals surface area contributed by atoms with Crippen molar-refractivity contribution in [1.82, 2.24) is 0 Å². The maximum absolute atomic E-state index is 11.6. The van der Waals surface area contributed by atoms with Crippen LogP contribution in [0.4, 0.5) is 5.69 Å². The number of nitro groups is 1. The number of nitrogens with zero attached hydrogens (tertiary/aromatic N) is 1. The molecule has 0 aliphatic rings. The van der Waals surface area contributed by atoms with Crippen LogP contribution in [0.25, 0.3) is 0 Å². The molecular weight excluding hydrogens is 364 g/mol. The van der Waals surface area contributed by atoms with Gasteiger partial charge in [0, 0.05) is 26.4 Å². The Bertz CT molecular complexity index is 471. The topological polar surface area (TPSA) is 87.9 Å². The van der Waals surface area contributed by atoms with Crippen molar-refractivity contribution < 1.29 is 23.1 Å². The van der Waals surface area contributed by atoms with Crippen molar-refractivity contribution in [2.24, 2.45) is 0 Å². The Morgan fingerprint density at radius 3 is 2.35 bits per heavy atom. The van der Waals surface area contributed by atoms with Crippen LogP contribution in [0.2, 0.25) is 0 Å². The highest BCUT2D eigenvalue weighted by molar-refractivity contribution is 14.1. The summed E-state index contributed by atoms with van der Waals surface area (Å²) >= 11 is 1.78. The molecule has 0 heterocycles. The summed E-state index contributed by atoms with van der Waals surface area (Å²) in [6.07, 6.45) is 0. The first-order chi connectivity index (χ1) is 7.91. The Labute approximate surface area is 111 Å². The number of phosphoric ester groups is 1. The third-order valence-electron chi connectivity index (χ3n) is 1.78. The van der Waals surface area contributed by atoms with Crippen LogP contribution >= 0.6 is 30.4 Å². The smallest absolute Gasteiger partial charge is 0.404 e.